The van der Waals surface area contributed by atoms with Crippen molar-refractivity contribution < 1.29 is 59.9 Å². The molecule has 0 rings (SSSR count). The van der Waals surface area contributed by atoms with Gasteiger partial charge in [0.2, 0.25) is 11.8 Å². The van der Waals surface area contributed by atoms with Crippen LogP contribution in [0.15, 0.2) is 0 Å². The minimum atomic E-state index is -0.140. The first-order chi connectivity index (χ1) is 15.5. The van der Waals surface area contributed by atoms with E-state index >= 15 is 0 Å². The summed E-state index contributed by atoms with van der Waals surface area (Å²) in [5.74, 6) is 0.0204. The van der Waals surface area contributed by atoms with Crippen LogP contribution in [0.4, 0.5) is 0 Å². The largest absolute Gasteiger partial charge is 0.395 e. The van der Waals surface area contributed by atoms with Gasteiger partial charge < -0.3 is 39.1 Å². The van der Waals surface area contributed by atoms with Crippen molar-refractivity contribution in [2.24, 2.45) is 0 Å². The summed E-state index contributed by atoms with van der Waals surface area (Å²) in [4.78, 5) is 42.1. The first-order valence-electron chi connectivity index (χ1n) is 11.0. The van der Waals surface area contributed by atoms with E-state index < -0.39 is 0 Å². The van der Waals surface area contributed by atoms with Crippen molar-refractivity contribution in [3.05, 3.63) is 0 Å². The van der Waals surface area contributed by atoms with Gasteiger partial charge >= 0.3 is 0 Å². The number of ether oxygens (including phenoxy) is 2. The average Bonchev–Trinajstić information content (AvgIpc) is 2.82. The molecule has 0 fully saturated rings. The van der Waals surface area contributed by atoms with Gasteiger partial charge in [-0.2, -0.15) is 0 Å². The van der Waals surface area contributed by atoms with Crippen LogP contribution in [0.1, 0.15) is 164 Å². The number of hydrogen-bond donors (Lipinski definition) is 2. The third-order valence-electron chi connectivity index (χ3n) is 3.57. The number of hydrogen-bond acceptors (Lipinski definition) is 8. The molecule has 10 nitrogen and oxygen atoms in total. The van der Waals surface area contributed by atoms with E-state index in [-0.39, 0.29) is 170 Å². The number of aliphatic hydroxyl groups is 2. The van der Waals surface area contributed by atoms with Gasteiger partial charge in [-0.05, 0) is 25.7 Å². The molecule has 0 aromatic heterocycles. The van der Waals surface area contributed by atoms with Gasteiger partial charge in [0.25, 0.3) is 0 Å². The van der Waals surface area contributed by atoms with Gasteiger partial charge in [-0.1, -0.05) is 132 Å². The summed E-state index contributed by atoms with van der Waals surface area (Å²) in [7, 11) is 0. The minimum Gasteiger partial charge on any atom is -0.395 e. The summed E-state index contributed by atoms with van der Waals surface area (Å²) in [6.07, 6.45) is 4.23. The fourth-order valence-electron chi connectivity index (χ4n) is 2.22. The molecule has 0 atom stereocenters. The summed E-state index contributed by atoms with van der Waals surface area (Å²) >= 11 is 0. The van der Waals surface area contributed by atoms with Crippen LogP contribution in [0.25, 0.3) is 0 Å². The maximum absolute atomic E-state index is 11.6. The Morgan fingerprint density at radius 3 is 1.15 bits per heavy atom. The zero-order valence-electron chi connectivity index (χ0n) is 21.0. The zero-order valence-corrected chi connectivity index (χ0v) is 23.9. The molecule has 0 heterocycles. The number of aliphatic hydroxyl groups excluding tert-OH is 2. The van der Waals surface area contributed by atoms with Crippen LogP contribution in [0.5, 0.6) is 0 Å². The van der Waals surface area contributed by atoms with E-state index in [0.717, 1.165) is 32.2 Å². The first-order valence-corrected chi connectivity index (χ1v) is 11.0. The topological polar surface area (TPSA) is 134 Å². The van der Waals surface area contributed by atoms with Crippen LogP contribution in [0, 0.1) is 0 Å². The molecule has 310 valence electrons. The van der Waals surface area contributed by atoms with Gasteiger partial charge in [0.05, 0.1) is 13.2 Å². The van der Waals surface area contributed by atoms with Gasteiger partial charge in [-0.3, -0.25) is 9.59 Å². The van der Waals surface area contributed by atoms with E-state index in [1.807, 2.05) is 41.3 Å². The fraction of sp³-hybridized carbons (Fsp3) is 0.889. The van der Waals surface area contributed by atoms with Gasteiger partial charge in [0.15, 0.2) is 0 Å². The van der Waals surface area contributed by atoms with E-state index in [1.165, 1.54) is 4.90 Å². The SMILES string of the molecule is C.C.C.C.C.C.C.C.C.C.C.C.C.C.C=O.C=O.CCCC(=O)N(CCC)CCO.CCCOCC(=O)N(CCO)COCCC.[W]. The number of amides is 2. The molecular formula is C36H102N2O8W. The monoisotopic (exact) mass is 875 g/mol. The van der Waals surface area contributed by atoms with Gasteiger partial charge in [0.1, 0.15) is 26.9 Å². The van der Waals surface area contributed by atoms with Crippen molar-refractivity contribution in [3.63, 3.8) is 0 Å². The van der Waals surface area contributed by atoms with Crippen LogP contribution in [-0.2, 0) is 49.7 Å². The van der Waals surface area contributed by atoms with Crippen molar-refractivity contribution in [1.82, 2.24) is 9.80 Å². The predicted octanol–water partition coefficient (Wildman–Crippen LogP) is 10.2. The van der Waals surface area contributed by atoms with Crippen LogP contribution in [0.3, 0.4) is 0 Å². The normalized spacial score (nSPS) is 6.26. The van der Waals surface area contributed by atoms with E-state index in [1.54, 1.807) is 4.90 Å². The van der Waals surface area contributed by atoms with Gasteiger partial charge in [-0.25, -0.2) is 0 Å². The maximum atomic E-state index is 11.6. The minimum absolute atomic E-state index is 0. The molecule has 47 heavy (non-hydrogen) atoms. The Hall–Kier alpha value is -1.19. The second kappa shape index (κ2) is 120. The Morgan fingerprint density at radius 1 is 0.511 bits per heavy atom. The molecule has 0 aliphatic rings. The molecule has 0 aromatic carbocycles. The molecule has 0 saturated heterocycles. The van der Waals surface area contributed by atoms with Crippen LogP contribution < -0.4 is 0 Å². The van der Waals surface area contributed by atoms with E-state index in [2.05, 4.69) is 0 Å². The quantitative estimate of drug-likeness (QED) is 0.116. The molecule has 0 aliphatic heterocycles. The van der Waals surface area contributed by atoms with Crippen LogP contribution in [0.2, 0.25) is 0 Å². The predicted molar refractivity (Wildman–Crippen MR) is 218 cm³/mol. The number of rotatable bonds is 16. The molecule has 0 spiro atoms. The number of nitrogens with zero attached hydrogens (tertiary/aromatic N) is 2. The van der Waals surface area contributed by atoms with E-state index in [0.29, 0.717) is 26.2 Å². The standard InChI is InChI=1S/C11H23NO4.C9H19NO2.2CH2O.14CH4.W/c1-3-7-15-9-11(14)12(5-6-13)10-16-8-4-2;1-3-5-9(12)10(6-4-2)7-8-11;2*1-2;;;;;;;;;;;;;;;/h13H,3-10H2,1-2H3;11H,3-8H2,1-2H3;2*1H2;14*1H4;. The molecule has 0 unspecified atom stereocenters. The molecule has 0 saturated carbocycles. The van der Waals surface area contributed by atoms with E-state index in [4.69, 9.17) is 29.3 Å². The van der Waals surface area contributed by atoms with Crippen LogP contribution >= 0.6 is 0 Å². The smallest absolute Gasteiger partial charge is 0.250 e. The Kier molecular flexibility index (Phi) is 326. The average molecular weight is 875 g/mol. The Labute approximate surface area is 317 Å². The Morgan fingerprint density at radius 2 is 0.851 bits per heavy atom. The van der Waals surface area contributed by atoms with Crippen molar-refractivity contribution in [2.75, 3.05) is 59.4 Å². The van der Waals surface area contributed by atoms with Crippen molar-refractivity contribution >= 4 is 25.4 Å². The molecule has 0 bridgehead atoms. The second-order valence-electron chi connectivity index (χ2n) is 6.33. The third-order valence-corrected chi connectivity index (χ3v) is 3.57. The van der Waals surface area contributed by atoms with Crippen LogP contribution in [-0.4, -0.2) is 105 Å². The molecule has 0 aromatic rings. The zero-order chi connectivity index (χ0) is 25.6. The van der Waals surface area contributed by atoms with E-state index in [9.17, 15) is 9.59 Å². The summed E-state index contributed by atoms with van der Waals surface area (Å²) in [5, 5.41) is 17.5. The maximum Gasteiger partial charge on any atom is 0.250 e. The summed E-state index contributed by atoms with van der Waals surface area (Å²) in [6.45, 7) is 15.0. The second-order valence-corrected chi connectivity index (χ2v) is 6.33. The van der Waals surface area contributed by atoms with Crippen molar-refractivity contribution in [2.45, 2.75) is 164 Å². The van der Waals surface area contributed by atoms with Crippen molar-refractivity contribution in [1.29, 1.82) is 0 Å². The molecule has 2 N–H and O–H groups in total. The molecule has 0 radical (unpaired) electrons. The van der Waals surface area contributed by atoms with Gasteiger partial charge in [-0.15, -0.1) is 0 Å². The molecule has 11 heteroatoms. The Bertz CT molecular complexity index is 405. The molecule has 0 aliphatic carbocycles. The third kappa shape index (κ3) is 98.9. The summed E-state index contributed by atoms with van der Waals surface area (Å²) in [5.41, 5.74) is 0. The fourth-order valence-corrected chi connectivity index (χ4v) is 2.22. The first kappa shape index (κ1) is 128. The number of carbonyl (C=O) groups is 4. The molecule has 2 amide bonds. The Balaban J connectivity index is -0.0000000139. The molecular weight excluding hydrogens is 772 g/mol. The van der Waals surface area contributed by atoms with Crippen molar-refractivity contribution in [3.8, 4) is 0 Å². The number of carbonyl (C=O) groups excluding carboxylic acids is 4. The summed E-state index contributed by atoms with van der Waals surface area (Å²) in [6, 6.07) is 0. The summed E-state index contributed by atoms with van der Waals surface area (Å²) < 4.78 is 10.4. The van der Waals surface area contributed by atoms with Gasteiger partial charge in [0, 0.05) is 60.3 Å².